The molecule has 7 heteroatoms. The van der Waals surface area contributed by atoms with Crippen LogP contribution in [0.25, 0.3) is 0 Å². The molecule has 1 aliphatic rings. The summed E-state index contributed by atoms with van der Waals surface area (Å²) in [6.45, 7) is 1.84. The quantitative estimate of drug-likeness (QED) is 0.850. The molecular formula is C13H12N2O3S2. The molecule has 20 heavy (non-hydrogen) atoms. The topological polar surface area (TPSA) is 67.3 Å². The molecule has 0 unspecified atom stereocenters. The second kappa shape index (κ2) is 4.68. The number of benzene rings is 1. The minimum atomic E-state index is -3.62. The van der Waals surface area contributed by atoms with E-state index in [9.17, 15) is 13.2 Å². The van der Waals surface area contributed by atoms with Gasteiger partial charge in [0.25, 0.3) is 5.91 Å². The van der Waals surface area contributed by atoms with Gasteiger partial charge >= 0.3 is 0 Å². The van der Waals surface area contributed by atoms with Crippen LogP contribution in [0.1, 0.15) is 26.6 Å². The van der Waals surface area contributed by atoms with Crippen LogP contribution in [0.15, 0.2) is 29.6 Å². The number of thiazole rings is 1. The molecule has 2 heterocycles. The SMILES string of the molecule is Cc1csc(CN2C(=O)c3ccccc3CS2(=O)=O)n1. The minimum absolute atomic E-state index is 0.00794. The summed E-state index contributed by atoms with van der Waals surface area (Å²) in [5.74, 6) is -0.612. The Bertz CT molecular complexity index is 780. The lowest BCUT2D eigenvalue weighted by atomic mass is 10.1. The van der Waals surface area contributed by atoms with Crippen LogP contribution in [-0.4, -0.2) is 23.6 Å². The number of rotatable bonds is 2. The van der Waals surface area contributed by atoms with Crippen LogP contribution in [0.5, 0.6) is 0 Å². The van der Waals surface area contributed by atoms with Crippen LogP contribution in [-0.2, 0) is 22.3 Å². The van der Waals surface area contributed by atoms with Crippen LogP contribution in [0.4, 0.5) is 0 Å². The van der Waals surface area contributed by atoms with Crippen LogP contribution in [0, 0.1) is 6.92 Å². The zero-order chi connectivity index (χ0) is 14.3. The van der Waals surface area contributed by atoms with Crippen LogP contribution < -0.4 is 0 Å². The molecule has 0 saturated heterocycles. The fraction of sp³-hybridized carbons (Fsp3) is 0.231. The molecule has 0 spiro atoms. The molecule has 1 aliphatic heterocycles. The van der Waals surface area contributed by atoms with Crippen molar-refractivity contribution in [2.75, 3.05) is 0 Å². The van der Waals surface area contributed by atoms with E-state index in [-0.39, 0.29) is 12.3 Å². The van der Waals surface area contributed by atoms with Gasteiger partial charge in [-0.2, -0.15) is 0 Å². The van der Waals surface area contributed by atoms with Gasteiger partial charge in [0.05, 0.1) is 12.3 Å². The highest BCUT2D eigenvalue weighted by atomic mass is 32.2. The number of fused-ring (bicyclic) bond motifs is 1. The number of amides is 1. The second-order valence-corrected chi connectivity index (χ2v) is 7.44. The summed E-state index contributed by atoms with van der Waals surface area (Å²) >= 11 is 1.36. The lowest BCUT2D eigenvalue weighted by Gasteiger charge is -2.27. The van der Waals surface area contributed by atoms with Gasteiger partial charge in [0.2, 0.25) is 10.0 Å². The monoisotopic (exact) mass is 308 g/mol. The maximum absolute atomic E-state index is 12.4. The van der Waals surface area contributed by atoms with Crippen molar-refractivity contribution >= 4 is 27.3 Å². The summed E-state index contributed by atoms with van der Waals surface area (Å²) in [6.07, 6.45) is 0. The van der Waals surface area contributed by atoms with Crippen molar-refractivity contribution in [3.63, 3.8) is 0 Å². The first-order chi connectivity index (χ1) is 9.47. The molecule has 0 bridgehead atoms. The molecule has 1 amide bonds. The van der Waals surface area contributed by atoms with E-state index in [0.29, 0.717) is 16.1 Å². The van der Waals surface area contributed by atoms with Crippen molar-refractivity contribution in [1.29, 1.82) is 0 Å². The number of hydrogen-bond donors (Lipinski definition) is 0. The predicted molar refractivity (Wildman–Crippen MR) is 75.8 cm³/mol. The van der Waals surface area contributed by atoms with Gasteiger partial charge in [0, 0.05) is 16.6 Å². The van der Waals surface area contributed by atoms with E-state index in [1.165, 1.54) is 11.3 Å². The highest BCUT2D eigenvalue weighted by Crippen LogP contribution is 2.26. The predicted octanol–water partition coefficient (Wildman–Crippen LogP) is 1.94. The Kier molecular flexibility index (Phi) is 3.10. The lowest BCUT2D eigenvalue weighted by molar-refractivity contribution is 0.0849. The van der Waals surface area contributed by atoms with Gasteiger partial charge in [-0.1, -0.05) is 18.2 Å². The second-order valence-electron chi connectivity index (χ2n) is 4.61. The standard InChI is InChI=1S/C13H12N2O3S2/c1-9-7-19-12(14-9)6-15-13(16)11-5-3-2-4-10(11)8-20(15,17)18/h2-5,7H,6,8H2,1H3. The largest absolute Gasteiger partial charge is 0.268 e. The van der Waals surface area contributed by atoms with Crippen LogP contribution in [0.3, 0.4) is 0 Å². The Hall–Kier alpha value is -1.73. The normalized spacial score (nSPS) is 17.1. The van der Waals surface area contributed by atoms with Crippen molar-refractivity contribution in [2.24, 2.45) is 0 Å². The van der Waals surface area contributed by atoms with Gasteiger partial charge in [-0.3, -0.25) is 4.79 Å². The minimum Gasteiger partial charge on any atom is -0.268 e. The molecule has 2 aromatic rings. The first-order valence-corrected chi connectivity index (χ1v) is 8.50. The molecule has 0 saturated carbocycles. The van der Waals surface area contributed by atoms with Crippen LogP contribution in [0.2, 0.25) is 0 Å². The van der Waals surface area contributed by atoms with Crippen molar-refractivity contribution in [2.45, 2.75) is 19.2 Å². The number of sulfonamides is 1. The third-order valence-electron chi connectivity index (χ3n) is 3.09. The lowest BCUT2D eigenvalue weighted by Crippen LogP contribution is -2.41. The van der Waals surface area contributed by atoms with Crippen LogP contribution >= 0.6 is 11.3 Å². The summed E-state index contributed by atoms with van der Waals surface area (Å²) in [7, 11) is -3.62. The number of aromatic nitrogens is 1. The third kappa shape index (κ3) is 2.23. The van der Waals surface area contributed by atoms with Gasteiger partial charge in [-0.25, -0.2) is 17.7 Å². The van der Waals surface area contributed by atoms with Crippen molar-refractivity contribution in [3.05, 3.63) is 51.5 Å². The summed E-state index contributed by atoms with van der Waals surface area (Å²) in [4.78, 5) is 16.6. The molecule has 1 aromatic carbocycles. The Morgan fingerprint density at radius 2 is 2.10 bits per heavy atom. The third-order valence-corrected chi connectivity index (χ3v) is 5.69. The zero-order valence-corrected chi connectivity index (χ0v) is 12.4. The average molecular weight is 308 g/mol. The van der Waals surface area contributed by atoms with Gasteiger partial charge in [0.1, 0.15) is 5.01 Å². The smallest absolute Gasteiger partial charge is 0.268 e. The maximum atomic E-state index is 12.4. The van der Waals surface area contributed by atoms with E-state index in [2.05, 4.69) is 4.98 Å². The van der Waals surface area contributed by atoms with Gasteiger partial charge in [-0.15, -0.1) is 11.3 Å². The molecule has 0 fully saturated rings. The van der Waals surface area contributed by atoms with E-state index >= 15 is 0 Å². The molecule has 0 atom stereocenters. The molecule has 5 nitrogen and oxygen atoms in total. The Balaban J connectivity index is 2.00. The van der Waals surface area contributed by atoms with E-state index in [0.717, 1.165) is 10.00 Å². The van der Waals surface area contributed by atoms with E-state index in [1.54, 1.807) is 24.3 Å². The summed E-state index contributed by atoms with van der Waals surface area (Å²) in [5, 5.41) is 2.46. The van der Waals surface area contributed by atoms with E-state index < -0.39 is 15.9 Å². The highest BCUT2D eigenvalue weighted by molar-refractivity contribution is 7.89. The van der Waals surface area contributed by atoms with Gasteiger partial charge < -0.3 is 0 Å². The zero-order valence-electron chi connectivity index (χ0n) is 10.7. The number of carbonyl (C=O) groups is 1. The number of hydrogen-bond acceptors (Lipinski definition) is 5. The Morgan fingerprint density at radius 1 is 1.35 bits per heavy atom. The first kappa shape index (κ1) is 13.3. The van der Waals surface area contributed by atoms with E-state index in [4.69, 9.17) is 0 Å². The molecule has 1 aromatic heterocycles. The molecule has 0 N–H and O–H groups in total. The summed E-state index contributed by atoms with van der Waals surface area (Å²) in [6, 6.07) is 6.81. The number of carbonyl (C=O) groups excluding carboxylic acids is 1. The molecular weight excluding hydrogens is 296 g/mol. The van der Waals surface area contributed by atoms with Gasteiger partial charge in [-0.05, 0) is 18.6 Å². The summed E-state index contributed by atoms with van der Waals surface area (Å²) in [5.41, 5.74) is 1.84. The Labute approximate surface area is 120 Å². The van der Waals surface area contributed by atoms with Gasteiger partial charge in [0.15, 0.2) is 0 Å². The fourth-order valence-electron chi connectivity index (χ4n) is 2.16. The van der Waals surface area contributed by atoms with Crippen molar-refractivity contribution in [3.8, 4) is 0 Å². The fourth-order valence-corrected chi connectivity index (χ4v) is 4.47. The number of aryl methyl sites for hydroxylation is 1. The molecule has 0 aliphatic carbocycles. The molecule has 0 radical (unpaired) electrons. The summed E-state index contributed by atoms with van der Waals surface area (Å²) < 4.78 is 25.4. The molecule has 104 valence electrons. The number of nitrogens with zero attached hydrogens (tertiary/aromatic N) is 2. The maximum Gasteiger partial charge on any atom is 0.268 e. The van der Waals surface area contributed by atoms with Crippen molar-refractivity contribution in [1.82, 2.24) is 9.29 Å². The molecule has 3 rings (SSSR count). The van der Waals surface area contributed by atoms with Crippen molar-refractivity contribution < 1.29 is 13.2 Å². The average Bonchev–Trinajstić information content (AvgIpc) is 2.80. The highest BCUT2D eigenvalue weighted by Gasteiger charge is 2.36. The Morgan fingerprint density at radius 3 is 2.80 bits per heavy atom. The van der Waals surface area contributed by atoms with E-state index in [1.807, 2.05) is 12.3 Å². The first-order valence-electron chi connectivity index (χ1n) is 6.01.